The predicted molar refractivity (Wildman–Crippen MR) is 107 cm³/mol. The first-order valence-electron chi connectivity index (χ1n) is 8.11. The van der Waals surface area contributed by atoms with Crippen molar-refractivity contribution in [1.29, 1.82) is 0 Å². The second-order valence-electron chi connectivity index (χ2n) is 5.97. The van der Waals surface area contributed by atoms with Crippen LogP contribution in [0.2, 0.25) is 5.02 Å². The molecule has 1 saturated heterocycles. The van der Waals surface area contributed by atoms with Gasteiger partial charge in [-0.3, -0.25) is 9.59 Å². The summed E-state index contributed by atoms with van der Waals surface area (Å²) in [5.41, 5.74) is 6.36. The van der Waals surface area contributed by atoms with Gasteiger partial charge >= 0.3 is 0 Å². The smallest absolute Gasteiger partial charge is 0.253 e. The van der Waals surface area contributed by atoms with Crippen LogP contribution in [-0.2, 0) is 4.79 Å². The van der Waals surface area contributed by atoms with E-state index in [1.165, 1.54) is 0 Å². The summed E-state index contributed by atoms with van der Waals surface area (Å²) >= 11 is 7.73. The second-order valence-corrected chi connectivity index (χ2v) is 7.37. The lowest BCUT2D eigenvalue weighted by atomic mass is 10.0. The SMILES string of the molecule is CSCCC(NC(=O)c1ccccc1Cl)C(=O)N1CCCC(N)C1.Cl. The summed E-state index contributed by atoms with van der Waals surface area (Å²) < 4.78 is 0. The van der Waals surface area contributed by atoms with Crippen molar-refractivity contribution < 1.29 is 9.59 Å². The maximum Gasteiger partial charge on any atom is 0.253 e. The van der Waals surface area contributed by atoms with Gasteiger partial charge in [-0.1, -0.05) is 23.7 Å². The number of hydrogen-bond donors (Lipinski definition) is 2. The Labute approximate surface area is 164 Å². The third-order valence-electron chi connectivity index (χ3n) is 4.10. The molecule has 140 valence electrons. The highest BCUT2D eigenvalue weighted by Crippen LogP contribution is 2.16. The maximum atomic E-state index is 12.8. The average Bonchev–Trinajstić information content (AvgIpc) is 2.58. The highest BCUT2D eigenvalue weighted by atomic mass is 35.5. The Kier molecular flexibility index (Phi) is 9.64. The predicted octanol–water partition coefficient (Wildman–Crippen LogP) is 2.56. The monoisotopic (exact) mass is 405 g/mol. The third-order valence-corrected chi connectivity index (χ3v) is 5.08. The zero-order valence-electron chi connectivity index (χ0n) is 14.2. The largest absolute Gasteiger partial charge is 0.340 e. The minimum absolute atomic E-state index is 0. The molecule has 1 aliphatic rings. The Morgan fingerprint density at radius 1 is 1.44 bits per heavy atom. The van der Waals surface area contributed by atoms with Crippen molar-refractivity contribution in [2.24, 2.45) is 5.73 Å². The summed E-state index contributed by atoms with van der Waals surface area (Å²) in [6.07, 6.45) is 4.40. The topological polar surface area (TPSA) is 75.4 Å². The summed E-state index contributed by atoms with van der Waals surface area (Å²) in [7, 11) is 0. The van der Waals surface area contributed by atoms with E-state index in [4.69, 9.17) is 17.3 Å². The van der Waals surface area contributed by atoms with Crippen molar-refractivity contribution in [3.63, 3.8) is 0 Å². The van der Waals surface area contributed by atoms with Gasteiger partial charge in [-0.2, -0.15) is 11.8 Å². The van der Waals surface area contributed by atoms with Gasteiger partial charge in [0.15, 0.2) is 0 Å². The number of amides is 2. The Morgan fingerprint density at radius 2 is 2.16 bits per heavy atom. The molecule has 0 aliphatic carbocycles. The van der Waals surface area contributed by atoms with Crippen LogP contribution in [-0.4, -0.2) is 53.9 Å². The number of piperidine rings is 1. The summed E-state index contributed by atoms with van der Waals surface area (Å²) in [5, 5.41) is 3.23. The van der Waals surface area contributed by atoms with Gasteiger partial charge in [-0.15, -0.1) is 12.4 Å². The van der Waals surface area contributed by atoms with Crippen molar-refractivity contribution in [3.05, 3.63) is 34.9 Å². The van der Waals surface area contributed by atoms with E-state index in [9.17, 15) is 9.59 Å². The molecular formula is C17H25Cl2N3O2S. The molecule has 1 aliphatic heterocycles. The number of hydrogen-bond acceptors (Lipinski definition) is 4. The van der Waals surface area contributed by atoms with Crippen LogP contribution in [0.5, 0.6) is 0 Å². The van der Waals surface area contributed by atoms with Crippen molar-refractivity contribution >= 4 is 47.6 Å². The molecule has 1 aromatic rings. The second kappa shape index (κ2) is 10.9. The molecule has 25 heavy (non-hydrogen) atoms. The van der Waals surface area contributed by atoms with Gasteiger partial charge in [0.25, 0.3) is 5.91 Å². The molecule has 8 heteroatoms. The molecule has 0 bridgehead atoms. The number of benzene rings is 1. The quantitative estimate of drug-likeness (QED) is 0.762. The summed E-state index contributed by atoms with van der Waals surface area (Å²) in [4.78, 5) is 27.1. The standard InChI is InChI=1S/C17H24ClN3O2S.ClH/c1-24-10-8-15(17(23)21-9-4-5-12(19)11-21)20-16(22)13-6-2-3-7-14(13)18;/h2-3,6-7,12,15H,4-5,8-11,19H2,1H3,(H,20,22);1H. The average molecular weight is 406 g/mol. The normalized spacial score (nSPS) is 18.2. The number of nitrogens with zero attached hydrogens (tertiary/aromatic N) is 1. The van der Waals surface area contributed by atoms with Crippen LogP contribution in [0, 0.1) is 0 Å². The zero-order valence-corrected chi connectivity index (χ0v) is 16.6. The first kappa shape index (κ1) is 22.1. The van der Waals surface area contributed by atoms with Crippen LogP contribution >= 0.6 is 35.8 Å². The van der Waals surface area contributed by atoms with E-state index in [2.05, 4.69) is 5.32 Å². The van der Waals surface area contributed by atoms with Crippen molar-refractivity contribution in [3.8, 4) is 0 Å². The number of carbonyl (C=O) groups excluding carboxylic acids is 2. The van der Waals surface area contributed by atoms with Gasteiger partial charge in [-0.25, -0.2) is 0 Å². The molecule has 0 spiro atoms. The van der Waals surface area contributed by atoms with E-state index in [-0.39, 0.29) is 30.3 Å². The lowest BCUT2D eigenvalue weighted by molar-refractivity contribution is -0.134. The third kappa shape index (κ3) is 6.37. The highest BCUT2D eigenvalue weighted by molar-refractivity contribution is 7.98. The van der Waals surface area contributed by atoms with E-state index in [0.29, 0.717) is 30.1 Å². The first-order valence-corrected chi connectivity index (χ1v) is 9.88. The fourth-order valence-corrected chi connectivity index (χ4v) is 3.50. The molecule has 0 aromatic heterocycles. The van der Waals surface area contributed by atoms with Gasteiger partial charge in [0.1, 0.15) is 6.04 Å². The maximum absolute atomic E-state index is 12.8. The van der Waals surface area contributed by atoms with Gasteiger partial charge in [0, 0.05) is 19.1 Å². The molecule has 0 saturated carbocycles. The fourth-order valence-electron chi connectivity index (χ4n) is 2.80. The molecule has 2 rings (SSSR count). The molecular weight excluding hydrogens is 381 g/mol. The lowest BCUT2D eigenvalue weighted by Gasteiger charge is -2.33. The molecule has 2 atom stereocenters. The Hall–Kier alpha value is -0.950. The minimum Gasteiger partial charge on any atom is -0.340 e. The summed E-state index contributed by atoms with van der Waals surface area (Å²) in [6.45, 7) is 1.25. The van der Waals surface area contributed by atoms with Crippen molar-refractivity contribution in [1.82, 2.24) is 10.2 Å². The van der Waals surface area contributed by atoms with Gasteiger partial charge in [-0.05, 0) is 43.4 Å². The lowest BCUT2D eigenvalue weighted by Crippen LogP contribution is -2.53. The van der Waals surface area contributed by atoms with Crippen LogP contribution in [0.3, 0.4) is 0 Å². The van der Waals surface area contributed by atoms with Crippen molar-refractivity contribution in [2.45, 2.75) is 31.3 Å². The van der Waals surface area contributed by atoms with E-state index < -0.39 is 6.04 Å². The van der Waals surface area contributed by atoms with Gasteiger partial charge in [0.05, 0.1) is 10.6 Å². The van der Waals surface area contributed by atoms with Crippen LogP contribution < -0.4 is 11.1 Å². The van der Waals surface area contributed by atoms with E-state index in [0.717, 1.165) is 18.6 Å². The first-order chi connectivity index (χ1) is 11.5. The number of likely N-dealkylation sites (tertiary alicyclic amines) is 1. The van der Waals surface area contributed by atoms with Gasteiger partial charge in [0.2, 0.25) is 5.91 Å². The number of nitrogens with two attached hydrogens (primary N) is 1. The molecule has 2 unspecified atom stereocenters. The molecule has 1 fully saturated rings. The van der Waals surface area contributed by atoms with Crippen LogP contribution in [0.25, 0.3) is 0 Å². The molecule has 5 nitrogen and oxygen atoms in total. The molecule has 2 amide bonds. The number of thioether (sulfide) groups is 1. The number of nitrogens with one attached hydrogen (secondary N) is 1. The summed E-state index contributed by atoms with van der Waals surface area (Å²) in [5.74, 6) is 0.417. The van der Waals surface area contributed by atoms with Gasteiger partial charge < -0.3 is 16.0 Å². The Morgan fingerprint density at radius 3 is 2.80 bits per heavy atom. The van der Waals surface area contributed by atoms with Crippen LogP contribution in [0.1, 0.15) is 29.6 Å². The zero-order chi connectivity index (χ0) is 17.5. The number of carbonyl (C=O) groups is 2. The van der Waals surface area contributed by atoms with Crippen LogP contribution in [0.4, 0.5) is 0 Å². The number of halogens is 2. The highest BCUT2D eigenvalue weighted by Gasteiger charge is 2.29. The molecule has 0 radical (unpaired) electrons. The Bertz CT molecular complexity index is 589. The number of rotatable bonds is 6. The Balaban J connectivity index is 0.00000312. The van der Waals surface area contributed by atoms with E-state index in [1.54, 1.807) is 40.9 Å². The minimum atomic E-state index is -0.550. The molecule has 1 heterocycles. The van der Waals surface area contributed by atoms with Crippen molar-refractivity contribution in [2.75, 3.05) is 25.1 Å². The molecule has 1 aromatic carbocycles. The summed E-state index contributed by atoms with van der Waals surface area (Å²) in [6, 6.07) is 6.31. The van der Waals surface area contributed by atoms with E-state index in [1.807, 2.05) is 6.26 Å². The molecule has 3 N–H and O–H groups in total. The van der Waals surface area contributed by atoms with E-state index >= 15 is 0 Å². The fraction of sp³-hybridized carbons (Fsp3) is 0.529. The van der Waals surface area contributed by atoms with Crippen LogP contribution in [0.15, 0.2) is 24.3 Å².